The van der Waals surface area contributed by atoms with E-state index in [2.05, 4.69) is 4.99 Å². The van der Waals surface area contributed by atoms with Gasteiger partial charge in [0.15, 0.2) is 15.0 Å². The number of aliphatic carboxylic acids is 1. The summed E-state index contributed by atoms with van der Waals surface area (Å²) in [5.74, 6) is -1.78. The van der Waals surface area contributed by atoms with Gasteiger partial charge in [0, 0.05) is 23.3 Å². The molecule has 2 fully saturated rings. The fourth-order valence-corrected chi connectivity index (χ4v) is 7.04. The number of carboxylic acid groups (broad SMARTS) is 1. The molecule has 1 amide bonds. The van der Waals surface area contributed by atoms with E-state index in [9.17, 15) is 23.1 Å². The van der Waals surface area contributed by atoms with Crippen molar-refractivity contribution < 1.29 is 23.1 Å². The molecule has 2 aliphatic heterocycles. The van der Waals surface area contributed by atoms with E-state index in [-0.39, 0.29) is 35.6 Å². The monoisotopic (exact) mass is 395 g/mol. The van der Waals surface area contributed by atoms with Crippen LogP contribution in [0.3, 0.4) is 0 Å². The molecule has 0 aliphatic carbocycles. The summed E-state index contributed by atoms with van der Waals surface area (Å²) in [7, 11) is -3.13. The highest BCUT2D eigenvalue weighted by atomic mass is 32.2. The number of amides is 1. The number of carbonyl (C=O) groups excluding carboxylic acids is 2. The summed E-state index contributed by atoms with van der Waals surface area (Å²) in [6.45, 7) is 3.95. The highest BCUT2D eigenvalue weighted by molar-refractivity contribution is 8.16. The Kier molecular flexibility index (Phi) is 5.12. The number of fused-ring (bicyclic) bond motifs is 1. The van der Waals surface area contributed by atoms with Gasteiger partial charge in [-0.2, -0.15) is 4.99 Å². The lowest BCUT2D eigenvalue weighted by Gasteiger charge is -2.25. The van der Waals surface area contributed by atoms with Crippen LogP contribution in [0.2, 0.25) is 0 Å². The first-order valence-electron chi connectivity index (χ1n) is 8.21. The number of thioether (sulfide) groups is 1. The van der Waals surface area contributed by atoms with Crippen LogP contribution in [-0.2, 0) is 19.4 Å². The third kappa shape index (κ3) is 3.93. The summed E-state index contributed by atoms with van der Waals surface area (Å²) < 4.78 is 24.1. The Morgan fingerprint density at radius 3 is 2.62 bits per heavy atom. The molecule has 7 nitrogen and oxygen atoms in total. The van der Waals surface area contributed by atoms with Gasteiger partial charge in [0.25, 0.3) is 0 Å². The molecule has 26 heavy (non-hydrogen) atoms. The summed E-state index contributed by atoms with van der Waals surface area (Å²) in [5, 5.41) is 10.8. The molecule has 2 aliphatic rings. The number of aliphatic imine (C=N–C) groups is 1. The normalized spacial score (nSPS) is 25.5. The van der Waals surface area contributed by atoms with Gasteiger partial charge in [0.05, 0.1) is 17.5 Å². The number of rotatable bonds is 4. The van der Waals surface area contributed by atoms with Crippen LogP contribution >= 0.6 is 11.8 Å². The third-order valence-electron chi connectivity index (χ3n) is 4.60. The highest BCUT2D eigenvalue weighted by Crippen LogP contribution is 2.41. The Morgan fingerprint density at radius 2 is 1.96 bits per heavy atom. The molecule has 3 rings (SSSR count). The smallest absolute Gasteiger partial charge is 0.248 e. The molecule has 0 spiro atoms. The van der Waals surface area contributed by atoms with Crippen molar-refractivity contribution in [1.29, 1.82) is 0 Å². The SMILES string of the molecule is Cc1ccc(N2C(=NC(=O)CCC(=O)[O-])S[C@@H]3CS(=O)(=O)C[C@H]32)cc1C. The van der Waals surface area contributed by atoms with Gasteiger partial charge in [-0.3, -0.25) is 4.79 Å². The number of hydrogen-bond acceptors (Lipinski definition) is 6. The number of anilines is 1. The Balaban J connectivity index is 1.94. The zero-order chi connectivity index (χ0) is 19.1. The quantitative estimate of drug-likeness (QED) is 0.728. The molecular weight excluding hydrogens is 376 g/mol. The van der Waals surface area contributed by atoms with E-state index < -0.39 is 21.7 Å². The summed E-state index contributed by atoms with van der Waals surface area (Å²) in [4.78, 5) is 28.4. The molecule has 140 valence electrons. The number of carbonyl (C=O) groups is 2. The van der Waals surface area contributed by atoms with Crippen LogP contribution in [0.5, 0.6) is 0 Å². The zero-order valence-corrected chi connectivity index (χ0v) is 16.1. The van der Waals surface area contributed by atoms with Gasteiger partial charge in [-0.25, -0.2) is 8.42 Å². The lowest BCUT2D eigenvalue weighted by molar-refractivity contribution is -0.305. The number of carboxylic acids is 1. The van der Waals surface area contributed by atoms with Crippen molar-refractivity contribution >= 4 is 44.3 Å². The molecule has 0 unspecified atom stereocenters. The Labute approximate surface area is 156 Å². The molecule has 0 saturated carbocycles. The molecule has 0 aromatic heterocycles. The summed E-state index contributed by atoms with van der Waals surface area (Å²) in [5.41, 5.74) is 2.95. The van der Waals surface area contributed by atoms with Crippen LogP contribution in [-0.4, -0.2) is 48.3 Å². The van der Waals surface area contributed by atoms with Crippen molar-refractivity contribution in [3.63, 3.8) is 0 Å². The zero-order valence-electron chi connectivity index (χ0n) is 14.5. The number of benzene rings is 1. The molecule has 0 N–H and O–H groups in total. The number of sulfone groups is 1. The summed E-state index contributed by atoms with van der Waals surface area (Å²) in [6.07, 6.45) is -0.619. The first kappa shape index (κ1) is 18.9. The van der Waals surface area contributed by atoms with Crippen LogP contribution in [0, 0.1) is 13.8 Å². The Hall–Kier alpha value is -1.87. The molecule has 1 aromatic rings. The van der Waals surface area contributed by atoms with Gasteiger partial charge in [0.2, 0.25) is 5.91 Å². The number of aryl methyl sites for hydroxylation is 2. The van der Waals surface area contributed by atoms with Crippen molar-refractivity contribution in [1.82, 2.24) is 0 Å². The van der Waals surface area contributed by atoms with Gasteiger partial charge in [0.1, 0.15) is 0 Å². The topological polar surface area (TPSA) is 107 Å². The molecule has 9 heteroatoms. The van der Waals surface area contributed by atoms with E-state index in [1.807, 2.05) is 36.9 Å². The van der Waals surface area contributed by atoms with Crippen molar-refractivity contribution in [2.24, 2.45) is 4.99 Å². The number of hydrogen-bond donors (Lipinski definition) is 0. The van der Waals surface area contributed by atoms with Crippen molar-refractivity contribution in [2.45, 2.75) is 38.0 Å². The maximum Gasteiger partial charge on any atom is 0.248 e. The molecule has 1 aromatic carbocycles. The summed E-state index contributed by atoms with van der Waals surface area (Å²) in [6, 6.07) is 5.50. The minimum atomic E-state index is -3.13. The second kappa shape index (κ2) is 7.03. The average molecular weight is 395 g/mol. The van der Waals surface area contributed by atoms with E-state index in [0.717, 1.165) is 16.8 Å². The van der Waals surface area contributed by atoms with E-state index in [0.29, 0.717) is 5.17 Å². The molecule has 2 saturated heterocycles. The Morgan fingerprint density at radius 1 is 1.23 bits per heavy atom. The minimum Gasteiger partial charge on any atom is -0.550 e. The second-order valence-electron chi connectivity index (χ2n) is 6.60. The van der Waals surface area contributed by atoms with Crippen molar-refractivity contribution in [3.05, 3.63) is 29.3 Å². The maximum absolute atomic E-state index is 12.0. The standard InChI is InChI=1S/C17H20N2O5S2/c1-10-3-4-12(7-11(10)2)19-13-8-26(23,24)9-14(13)25-17(19)18-15(20)5-6-16(21)22/h3-4,7,13-14H,5-6,8-9H2,1-2H3,(H,21,22)/p-1/t13-,14-/m1/s1. The van der Waals surface area contributed by atoms with E-state index in [1.165, 1.54) is 11.8 Å². The Bertz CT molecular complexity index is 894. The summed E-state index contributed by atoms with van der Waals surface area (Å²) >= 11 is 1.27. The van der Waals surface area contributed by atoms with E-state index >= 15 is 0 Å². The fourth-order valence-electron chi connectivity index (χ4n) is 3.11. The first-order chi connectivity index (χ1) is 12.2. The lowest BCUT2D eigenvalue weighted by Crippen LogP contribution is -2.37. The van der Waals surface area contributed by atoms with Gasteiger partial charge in [-0.05, 0) is 43.5 Å². The van der Waals surface area contributed by atoms with Crippen LogP contribution in [0.25, 0.3) is 0 Å². The molecular formula is C17H19N2O5S2-. The largest absolute Gasteiger partial charge is 0.550 e. The number of nitrogens with zero attached hydrogens (tertiary/aromatic N) is 2. The van der Waals surface area contributed by atoms with Gasteiger partial charge in [-0.1, -0.05) is 17.8 Å². The average Bonchev–Trinajstić information content (AvgIpc) is 2.99. The minimum absolute atomic E-state index is 0.0177. The molecule has 0 bridgehead atoms. The lowest BCUT2D eigenvalue weighted by atomic mass is 10.1. The fraction of sp³-hybridized carbons (Fsp3) is 0.471. The van der Waals surface area contributed by atoms with Crippen LogP contribution in [0.1, 0.15) is 24.0 Å². The molecule has 2 heterocycles. The maximum atomic E-state index is 12.0. The van der Waals surface area contributed by atoms with Crippen LogP contribution in [0.15, 0.2) is 23.2 Å². The predicted molar refractivity (Wildman–Crippen MR) is 98.9 cm³/mol. The van der Waals surface area contributed by atoms with E-state index in [4.69, 9.17) is 0 Å². The second-order valence-corrected chi connectivity index (χ2v) is 9.96. The van der Waals surface area contributed by atoms with Crippen LogP contribution in [0.4, 0.5) is 5.69 Å². The van der Waals surface area contributed by atoms with Gasteiger partial charge in [-0.15, -0.1) is 0 Å². The van der Waals surface area contributed by atoms with E-state index in [1.54, 1.807) is 0 Å². The molecule has 0 radical (unpaired) electrons. The number of amidine groups is 1. The third-order valence-corrected chi connectivity index (χ3v) is 7.81. The first-order valence-corrected chi connectivity index (χ1v) is 10.9. The van der Waals surface area contributed by atoms with Crippen molar-refractivity contribution in [3.8, 4) is 0 Å². The van der Waals surface area contributed by atoms with Gasteiger partial charge < -0.3 is 14.8 Å². The molecule has 2 atom stereocenters. The predicted octanol–water partition coefficient (Wildman–Crippen LogP) is 0.435. The van der Waals surface area contributed by atoms with Crippen molar-refractivity contribution in [2.75, 3.05) is 16.4 Å². The van der Waals surface area contributed by atoms with Crippen LogP contribution < -0.4 is 10.0 Å². The highest BCUT2D eigenvalue weighted by Gasteiger charge is 2.49. The van der Waals surface area contributed by atoms with Gasteiger partial charge >= 0.3 is 0 Å².